The Labute approximate surface area is 107 Å². The van der Waals surface area contributed by atoms with Gasteiger partial charge in [0.2, 0.25) is 0 Å². The minimum atomic E-state index is -0.547. The molecule has 3 unspecified atom stereocenters. The highest BCUT2D eigenvalue weighted by Gasteiger charge is 2.52. The van der Waals surface area contributed by atoms with E-state index in [0.29, 0.717) is 18.6 Å². The zero-order valence-corrected chi connectivity index (χ0v) is 9.87. The number of fused-ring (bicyclic) bond motifs is 2. The van der Waals surface area contributed by atoms with Gasteiger partial charge in [0.15, 0.2) is 0 Å². The molecule has 18 heavy (non-hydrogen) atoms. The minimum Gasteiger partial charge on any atom is -0.459 e. The molecule has 0 N–H and O–H groups in total. The molecule has 2 heterocycles. The second kappa shape index (κ2) is 4.41. The van der Waals surface area contributed by atoms with Crippen LogP contribution in [-0.4, -0.2) is 44.7 Å². The average molecular weight is 244 g/mol. The van der Waals surface area contributed by atoms with Crippen molar-refractivity contribution in [2.24, 2.45) is 0 Å². The summed E-state index contributed by atoms with van der Waals surface area (Å²) in [6.45, 7) is 0.623. The van der Waals surface area contributed by atoms with E-state index in [0.717, 1.165) is 0 Å². The molecule has 3 rings (SSSR count). The molecule has 5 heteroatoms. The van der Waals surface area contributed by atoms with Crippen LogP contribution < -0.4 is 0 Å². The number of rotatable bonds is 3. The summed E-state index contributed by atoms with van der Waals surface area (Å²) in [5.74, 6) is -0.350. The third kappa shape index (κ3) is 2.04. The molecule has 4 nitrogen and oxygen atoms in total. The standard InChI is InChI=1S/C13H13BO4/c14-11-10-6-13(18-11,7-16-10)8-17-12(15)9-4-2-1-3-5-9/h1-5,10-11H,6-8H2. The van der Waals surface area contributed by atoms with Crippen molar-refractivity contribution in [3.8, 4) is 0 Å². The molecule has 1 aromatic carbocycles. The number of hydrogen-bond donors (Lipinski definition) is 0. The summed E-state index contributed by atoms with van der Waals surface area (Å²) >= 11 is 0. The Morgan fingerprint density at radius 2 is 2.22 bits per heavy atom. The summed E-state index contributed by atoms with van der Waals surface area (Å²) in [5, 5.41) is 0. The molecule has 2 aliphatic heterocycles. The fourth-order valence-corrected chi connectivity index (χ4v) is 2.39. The van der Waals surface area contributed by atoms with E-state index in [9.17, 15) is 4.79 Å². The van der Waals surface area contributed by atoms with Gasteiger partial charge in [0, 0.05) is 12.4 Å². The summed E-state index contributed by atoms with van der Waals surface area (Å²) in [5.41, 5.74) is -0.0132. The summed E-state index contributed by atoms with van der Waals surface area (Å²) in [6, 6.07) is 8.47. The van der Waals surface area contributed by atoms with Gasteiger partial charge >= 0.3 is 5.97 Å². The van der Waals surface area contributed by atoms with Crippen LogP contribution in [0.4, 0.5) is 0 Å². The molecule has 0 saturated carbocycles. The van der Waals surface area contributed by atoms with Crippen LogP contribution in [0.3, 0.4) is 0 Å². The SMILES string of the molecule is [B]C1OC2(COC(=O)c3ccccc3)COC1C2. The van der Waals surface area contributed by atoms with E-state index in [1.165, 1.54) is 0 Å². The van der Waals surface area contributed by atoms with Crippen LogP contribution in [0, 0.1) is 0 Å². The van der Waals surface area contributed by atoms with Crippen LogP contribution in [-0.2, 0) is 14.2 Å². The Kier molecular flexibility index (Phi) is 2.88. The van der Waals surface area contributed by atoms with Crippen LogP contribution in [0.2, 0.25) is 0 Å². The van der Waals surface area contributed by atoms with Crippen molar-refractivity contribution in [3.63, 3.8) is 0 Å². The molecule has 92 valence electrons. The number of benzene rings is 1. The van der Waals surface area contributed by atoms with Gasteiger partial charge in [-0.15, -0.1) is 0 Å². The first-order valence-electron chi connectivity index (χ1n) is 5.96. The first kappa shape index (κ1) is 11.7. The third-order valence-corrected chi connectivity index (χ3v) is 3.36. The first-order valence-corrected chi connectivity index (χ1v) is 5.96. The molecule has 0 aromatic heterocycles. The molecule has 3 atom stereocenters. The number of carbonyl (C=O) groups is 1. The van der Waals surface area contributed by atoms with E-state index >= 15 is 0 Å². The maximum absolute atomic E-state index is 11.8. The van der Waals surface area contributed by atoms with Gasteiger partial charge in [-0.05, 0) is 12.1 Å². The lowest BCUT2D eigenvalue weighted by molar-refractivity contribution is -0.131. The Morgan fingerprint density at radius 1 is 1.44 bits per heavy atom. The van der Waals surface area contributed by atoms with E-state index in [1.54, 1.807) is 24.3 Å². The quantitative estimate of drug-likeness (QED) is 0.585. The summed E-state index contributed by atoms with van der Waals surface area (Å²) in [4.78, 5) is 11.8. The maximum atomic E-state index is 11.8. The Bertz CT molecular complexity index is 446. The monoisotopic (exact) mass is 244 g/mol. The second-order valence-corrected chi connectivity index (χ2v) is 4.76. The highest BCUT2D eigenvalue weighted by molar-refractivity contribution is 6.11. The van der Waals surface area contributed by atoms with Gasteiger partial charge in [-0.25, -0.2) is 4.79 Å². The lowest BCUT2D eigenvalue weighted by Gasteiger charge is -2.28. The van der Waals surface area contributed by atoms with E-state index in [4.69, 9.17) is 22.1 Å². The van der Waals surface area contributed by atoms with Crippen LogP contribution >= 0.6 is 0 Å². The topological polar surface area (TPSA) is 44.8 Å². The van der Waals surface area contributed by atoms with Gasteiger partial charge < -0.3 is 14.2 Å². The van der Waals surface area contributed by atoms with Crippen molar-refractivity contribution in [1.82, 2.24) is 0 Å². The summed E-state index contributed by atoms with van der Waals surface area (Å²) in [6.07, 6.45) is 0.622. The van der Waals surface area contributed by atoms with Gasteiger partial charge in [-0.1, -0.05) is 18.2 Å². The Balaban J connectivity index is 1.61. The number of carbonyl (C=O) groups excluding carboxylic acids is 1. The predicted octanol–water partition coefficient (Wildman–Crippen LogP) is 0.896. The molecule has 0 amide bonds. The first-order chi connectivity index (χ1) is 8.69. The fourth-order valence-electron chi connectivity index (χ4n) is 2.39. The van der Waals surface area contributed by atoms with E-state index in [2.05, 4.69) is 0 Å². The highest BCUT2D eigenvalue weighted by atomic mass is 16.6. The van der Waals surface area contributed by atoms with E-state index < -0.39 is 11.6 Å². The van der Waals surface area contributed by atoms with Crippen LogP contribution in [0.15, 0.2) is 30.3 Å². The zero-order chi connectivity index (χ0) is 12.6. The van der Waals surface area contributed by atoms with E-state index in [1.807, 2.05) is 6.07 Å². The summed E-state index contributed by atoms with van der Waals surface area (Å²) in [7, 11) is 5.73. The highest BCUT2D eigenvalue weighted by Crippen LogP contribution is 2.38. The largest absolute Gasteiger partial charge is 0.459 e. The van der Waals surface area contributed by atoms with Crippen LogP contribution in [0.25, 0.3) is 0 Å². The smallest absolute Gasteiger partial charge is 0.338 e. The molecule has 2 aliphatic rings. The van der Waals surface area contributed by atoms with Crippen LogP contribution in [0.1, 0.15) is 16.8 Å². The molecular formula is C13H13BO4. The number of hydrogen-bond acceptors (Lipinski definition) is 4. The molecule has 0 aliphatic carbocycles. The minimum absolute atomic E-state index is 0.0690. The predicted molar refractivity (Wildman–Crippen MR) is 64.4 cm³/mol. The second-order valence-electron chi connectivity index (χ2n) is 4.76. The van der Waals surface area contributed by atoms with Crippen LogP contribution in [0.5, 0.6) is 0 Å². The molecule has 2 saturated heterocycles. The number of ether oxygens (including phenoxy) is 3. The van der Waals surface area contributed by atoms with Crippen molar-refractivity contribution in [2.45, 2.75) is 24.1 Å². The van der Waals surface area contributed by atoms with Crippen molar-refractivity contribution >= 4 is 13.8 Å². The van der Waals surface area contributed by atoms with Crippen molar-refractivity contribution in [1.29, 1.82) is 0 Å². The summed E-state index contributed by atoms with van der Waals surface area (Å²) < 4.78 is 16.4. The van der Waals surface area contributed by atoms with Gasteiger partial charge in [-0.2, -0.15) is 0 Å². The molecule has 1 aromatic rings. The molecule has 2 radical (unpaired) electrons. The lowest BCUT2D eigenvalue weighted by Crippen LogP contribution is -2.41. The van der Waals surface area contributed by atoms with Crippen molar-refractivity contribution < 1.29 is 19.0 Å². The molecule has 0 spiro atoms. The third-order valence-electron chi connectivity index (χ3n) is 3.36. The zero-order valence-electron chi connectivity index (χ0n) is 9.87. The average Bonchev–Trinajstić information content (AvgIpc) is 2.95. The Hall–Kier alpha value is -1.33. The van der Waals surface area contributed by atoms with Gasteiger partial charge in [-0.3, -0.25) is 0 Å². The lowest BCUT2D eigenvalue weighted by atomic mass is 9.94. The van der Waals surface area contributed by atoms with Gasteiger partial charge in [0.25, 0.3) is 0 Å². The molecule has 2 fully saturated rings. The Morgan fingerprint density at radius 3 is 2.83 bits per heavy atom. The fraction of sp³-hybridized carbons (Fsp3) is 0.462. The van der Waals surface area contributed by atoms with Crippen molar-refractivity contribution in [3.05, 3.63) is 35.9 Å². The maximum Gasteiger partial charge on any atom is 0.338 e. The van der Waals surface area contributed by atoms with Crippen molar-refractivity contribution in [2.75, 3.05) is 13.2 Å². The number of esters is 1. The normalized spacial score (nSPS) is 33.6. The molecule has 2 bridgehead atoms. The molecular weight excluding hydrogens is 231 g/mol. The van der Waals surface area contributed by atoms with E-state index in [-0.39, 0.29) is 18.7 Å². The van der Waals surface area contributed by atoms with Gasteiger partial charge in [0.05, 0.1) is 18.3 Å². The van der Waals surface area contributed by atoms with Gasteiger partial charge in [0.1, 0.15) is 20.1 Å².